The van der Waals surface area contributed by atoms with Crippen LogP contribution < -0.4 is 22.9 Å². The van der Waals surface area contributed by atoms with Crippen LogP contribution in [0.3, 0.4) is 0 Å². The molecule has 0 saturated carbocycles. The number of ether oxygens (including phenoxy) is 2. The average Bonchev–Trinajstić information content (AvgIpc) is 3.00. The standard InChI is InChI=1S/2C9H19N3O2/c2*1-9(2,3)14-8(13)12-4-6(10)7(11)5-12/h2*6-7H,4-5,10-11H2,1-3H3/t2*6-,7+. The van der Waals surface area contributed by atoms with E-state index in [1.807, 2.05) is 41.5 Å². The summed E-state index contributed by atoms with van der Waals surface area (Å²) in [6.07, 6.45) is -0.665. The van der Waals surface area contributed by atoms with Crippen molar-refractivity contribution in [3.05, 3.63) is 0 Å². The van der Waals surface area contributed by atoms with E-state index in [9.17, 15) is 9.59 Å². The third-order valence-electron chi connectivity index (χ3n) is 4.13. The smallest absolute Gasteiger partial charge is 0.410 e. The lowest BCUT2D eigenvalue weighted by molar-refractivity contribution is 0.0280. The zero-order chi connectivity index (χ0) is 21.9. The number of nitrogens with zero attached hydrogens (tertiary/aromatic N) is 2. The van der Waals surface area contributed by atoms with Crippen molar-refractivity contribution in [3.8, 4) is 0 Å². The minimum absolute atomic E-state index is 0.137. The lowest BCUT2D eigenvalue weighted by atomic mass is 10.2. The quantitative estimate of drug-likeness (QED) is 0.432. The van der Waals surface area contributed by atoms with Crippen molar-refractivity contribution in [1.82, 2.24) is 9.80 Å². The Balaban J connectivity index is 0.000000280. The Kier molecular flexibility index (Phi) is 8.07. The molecule has 2 rings (SSSR count). The largest absolute Gasteiger partial charge is 0.444 e. The van der Waals surface area contributed by atoms with Gasteiger partial charge in [0, 0.05) is 50.3 Å². The molecule has 0 aromatic heterocycles. The number of amides is 2. The second-order valence-corrected chi connectivity index (χ2v) is 9.43. The molecule has 10 heteroatoms. The summed E-state index contributed by atoms with van der Waals surface area (Å²) in [5.41, 5.74) is 21.9. The van der Waals surface area contributed by atoms with Crippen molar-refractivity contribution in [2.24, 2.45) is 22.9 Å². The first kappa shape index (κ1) is 24.4. The lowest BCUT2D eigenvalue weighted by Gasteiger charge is -2.24. The molecule has 10 nitrogen and oxygen atoms in total. The van der Waals surface area contributed by atoms with Gasteiger partial charge >= 0.3 is 12.2 Å². The molecule has 2 saturated heterocycles. The Morgan fingerprint density at radius 3 is 1.04 bits per heavy atom. The second kappa shape index (κ2) is 9.25. The Morgan fingerprint density at radius 1 is 0.643 bits per heavy atom. The van der Waals surface area contributed by atoms with E-state index >= 15 is 0 Å². The Labute approximate surface area is 167 Å². The van der Waals surface area contributed by atoms with Gasteiger partial charge in [-0.2, -0.15) is 0 Å². The average molecular weight is 403 g/mol. The van der Waals surface area contributed by atoms with Crippen molar-refractivity contribution in [2.75, 3.05) is 26.2 Å². The molecule has 0 spiro atoms. The molecular formula is C18H38N6O4. The normalized spacial score (nSPS) is 27.9. The summed E-state index contributed by atoms with van der Waals surface area (Å²) >= 11 is 0. The number of hydrogen-bond donors (Lipinski definition) is 4. The number of nitrogens with two attached hydrogens (primary N) is 4. The number of carbonyl (C=O) groups excluding carboxylic acids is 2. The summed E-state index contributed by atoms with van der Waals surface area (Å²) in [6.45, 7) is 12.9. The summed E-state index contributed by atoms with van der Waals surface area (Å²) in [5, 5.41) is 0. The molecule has 0 aromatic carbocycles. The fraction of sp³-hybridized carbons (Fsp3) is 0.889. The van der Waals surface area contributed by atoms with Gasteiger partial charge in [0.05, 0.1) is 0 Å². The molecule has 0 aliphatic carbocycles. The molecule has 0 radical (unpaired) electrons. The molecule has 164 valence electrons. The van der Waals surface area contributed by atoms with Crippen LogP contribution in [0.15, 0.2) is 0 Å². The monoisotopic (exact) mass is 402 g/mol. The highest BCUT2D eigenvalue weighted by molar-refractivity contribution is 5.69. The molecule has 0 unspecified atom stereocenters. The molecule has 28 heavy (non-hydrogen) atoms. The van der Waals surface area contributed by atoms with Gasteiger partial charge in [-0.25, -0.2) is 9.59 Å². The van der Waals surface area contributed by atoms with E-state index < -0.39 is 11.2 Å². The van der Waals surface area contributed by atoms with Crippen LogP contribution >= 0.6 is 0 Å². The highest BCUT2D eigenvalue weighted by atomic mass is 16.6. The van der Waals surface area contributed by atoms with Crippen molar-refractivity contribution in [3.63, 3.8) is 0 Å². The maximum absolute atomic E-state index is 11.5. The van der Waals surface area contributed by atoms with Crippen LogP contribution in [0.1, 0.15) is 41.5 Å². The first-order chi connectivity index (χ1) is 12.6. The van der Waals surface area contributed by atoms with Crippen LogP contribution in [0.2, 0.25) is 0 Å². The van der Waals surface area contributed by atoms with Crippen LogP contribution in [0, 0.1) is 0 Å². The number of rotatable bonds is 0. The summed E-state index contributed by atoms with van der Waals surface area (Å²) in [7, 11) is 0. The van der Waals surface area contributed by atoms with Gasteiger partial charge in [0.25, 0.3) is 0 Å². The second-order valence-electron chi connectivity index (χ2n) is 9.43. The Morgan fingerprint density at radius 2 is 0.857 bits per heavy atom. The van der Waals surface area contributed by atoms with Gasteiger partial charge in [0.15, 0.2) is 0 Å². The van der Waals surface area contributed by atoms with E-state index in [0.29, 0.717) is 26.2 Å². The summed E-state index contributed by atoms with van der Waals surface area (Å²) in [5.74, 6) is 0. The summed E-state index contributed by atoms with van der Waals surface area (Å²) in [4.78, 5) is 26.2. The maximum atomic E-state index is 11.5. The third kappa shape index (κ3) is 8.17. The highest BCUT2D eigenvalue weighted by Gasteiger charge is 2.33. The molecule has 2 aliphatic rings. The van der Waals surface area contributed by atoms with E-state index in [0.717, 1.165) is 0 Å². The van der Waals surface area contributed by atoms with Gasteiger partial charge in [-0.15, -0.1) is 0 Å². The fourth-order valence-electron chi connectivity index (χ4n) is 2.66. The molecular weight excluding hydrogens is 364 g/mol. The molecule has 8 N–H and O–H groups in total. The van der Waals surface area contributed by atoms with Gasteiger partial charge in [-0.3, -0.25) is 0 Å². The number of hydrogen-bond acceptors (Lipinski definition) is 8. The lowest BCUT2D eigenvalue weighted by Crippen LogP contribution is -2.39. The van der Waals surface area contributed by atoms with E-state index in [2.05, 4.69) is 0 Å². The SMILES string of the molecule is CC(C)(C)OC(=O)N1C[C@@H](N)[C@@H](N)C1.CC(C)(C)OC(=O)N1C[C@@H](N)[C@@H](N)C1. The first-order valence-electron chi connectivity index (χ1n) is 9.57. The minimum Gasteiger partial charge on any atom is -0.444 e. The molecule has 2 heterocycles. The maximum Gasteiger partial charge on any atom is 0.410 e. The van der Waals surface area contributed by atoms with Crippen LogP contribution in [0.4, 0.5) is 9.59 Å². The van der Waals surface area contributed by atoms with Gasteiger partial charge < -0.3 is 42.2 Å². The topological polar surface area (TPSA) is 163 Å². The van der Waals surface area contributed by atoms with Crippen LogP contribution in [0.5, 0.6) is 0 Å². The van der Waals surface area contributed by atoms with E-state index in [1.165, 1.54) is 0 Å². The predicted molar refractivity (Wildman–Crippen MR) is 108 cm³/mol. The van der Waals surface area contributed by atoms with Gasteiger partial charge in [-0.05, 0) is 41.5 Å². The van der Waals surface area contributed by atoms with Crippen molar-refractivity contribution < 1.29 is 19.1 Å². The van der Waals surface area contributed by atoms with E-state index in [-0.39, 0.29) is 36.4 Å². The minimum atomic E-state index is -0.464. The van der Waals surface area contributed by atoms with Gasteiger partial charge in [0.1, 0.15) is 11.2 Å². The molecule has 0 aromatic rings. The molecule has 0 bridgehead atoms. The van der Waals surface area contributed by atoms with Crippen LogP contribution in [0.25, 0.3) is 0 Å². The van der Waals surface area contributed by atoms with E-state index in [1.54, 1.807) is 9.80 Å². The molecule has 4 atom stereocenters. The zero-order valence-corrected chi connectivity index (χ0v) is 18.0. The fourth-order valence-corrected chi connectivity index (χ4v) is 2.66. The first-order valence-corrected chi connectivity index (χ1v) is 9.57. The van der Waals surface area contributed by atoms with Crippen molar-refractivity contribution in [1.29, 1.82) is 0 Å². The summed E-state index contributed by atoms with van der Waals surface area (Å²) < 4.78 is 10.4. The highest BCUT2D eigenvalue weighted by Crippen LogP contribution is 2.14. The van der Waals surface area contributed by atoms with Crippen molar-refractivity contribution in [2.45, 2.75) is 76.9 Å². The van der Waals surface area contributed by atoms with Crippen LogP contribution in [-0.2, 0) is 9.47 Å². The number of likely N-dealkylation sites (tertiary alicyclic amines) is 2. The zero-order valence-electron chi connectivity index (χ0n) is 18.0. The number of carbonyl (C=O) groups is 2. The Bertz CT molecular complexity index is 477. The van der Waals surface area contributed by atoms with E-state index in [4.69, 9.17) is 32.4 Å². The predicted octanol–water partition coefficient (Wildman–Crippen LogP) is -0.217. The third-order valence-corrected chi connectivity index (χ3v) is 4.13. The molecule has 2 aliphatic heterocycles. The Hall–Kier alpha value is -1.62. The van der Waals surface area contributed by atoms with Crippen molar-refractivity contribution >= 4 is 12.2 Å². The van der Waals surface area contributed by atoms with Crippen LogP contribution in [-0.4, -0.2) is 83.5 Å². The van der Waals surface area contributed by atoms with Gasteiger partial charge in [-0.1, -0.05) is 0 Å². The molecule has 2 amide bonds. The molecule has 2 fully saturated rings. The summed E-state index contributed by atoms with van der Waals surface area (Å²) in [6, 6.07) is -0.546. The van der Waals surface area contributed by atoms with Gasteiger partial charge in [0.2, 0.25) is 0 Å².